The second kappa shape index (κ2) is 9.28. The predicted molar refractivity (Wildman–Crippen MR) is 92.1 cm³/mol. The van der Waals surface area contributed by atoms with Crippen molar-refractivity contribution >= 4 is 0 Å². The first-order chi connectivity index (χ1) is 11.2. The van der Waals surface area contributed by atoms with Crippen molar-refractivity contribution in [2.24, 2.45) is 0 Å². The van der Waals surface area contributed by atoms with Gasteiger partial charge in [0.05, 0.1) is 0 Å². The lowest BCUT2D eigenvalue weighted by Crippen LogP contribution is -2.21. The van der Waals surface area contributed by atoms with Gasteiger partial charge in [0.15, 0.2) is 0 Å². The van der Waals surface area contributed by atoms with Gasteiger partial charge in [-0.2, -0.15) is 0 Å². The highest BCUT2D eigenvalue weighted by Crippen LogP contribution is 2.20. The predicted octanol–water partition coefficient (Wildman–Crippen LogP) is 3.45. The third-order valence-corrected chi connectivity index (χ3v) is 3.59. The molecule has 124 valence electrons. The van der Waals surface area contributed by atoms with E-state index in [9.17, 15) is 4.39 Å². The van der Waals surface area contributed by atoms with Crippen LogP contribution in [0.4, 0.5) is 4.39 Å². The largest absolute Gasteiger partial charge is 0.488 e. The van der Waals surface area contributed by atoms with E-state index in [1.54, 1.807) is 12.1 Å². The fraction of sp³-hybridized carbons (Fsp3) is 0.368. The Hall–Kier alpha value is -1.91. The van der Waals surface area contributed by atoms with Crippen molar-refractivity contribution in [3.63, 3.8) is 0 Å². The fourth-order valence-corrected chi connectivity index (χ4v) is 2.30. The van der Waals surface area contributed by atoms with Crippen molar-refractivity contribution in [2.75, 3.05) is 27.2 Å². The minimum absolute atomic E-state index is 0.230. The summed E-state index contributed by atoms with van der Waals surface area (Å²) in [5.74, 6) is 0.572. The molecule has 0 aliphatic carbocycles. The van der Waals surface area contributed by atoms with Gasteiger partial charge in [-0.15, -0.1) is 0 Å². The van der Waals surface area contributed by atoms with Gasteiger partial charge in [0.1, 0.15) is 18.2 Å². The van der Waals surface area contributed by atoms with Crippen LogP contribution >= 0.6 is 0 Å². The zero-order valence-corrected chi connectivity index (χ0v) is 13.9. The molecule has 0 saturated heterocycles. The van der Waals surface area contributed by atoms with Crippen molar-refractivity contribution < 1.29 is 9.13 Å². The van der Waals surface area contributed by atoms with Gasteiger partial charge in [-0.05, 0) is 45.7 Å². The Labute approximate surface area is 138 Å². The maximum absolute atomic E-state index is 13.6. The smallest absolute Gasteiger partial charge is 0.129 e. The van der Waals surface area contributed by atoms with Crippen LogP contribution in [0, 0.1) is 5.82 Å². The number of ether oxygens (including phenoxy) is 1. The van der Waals surface area contributed by atoms with Crippen molar-refractivity contribution in [2.45, 2.75) is 19.6 Å². The summed E-state index contributed by atoms with van der Waals surface area (Å²) in [4.78, 5) is 2.17. The molecule has 0 amide bonds. The third-order valence-electron chi connectivity index (χ3n) is 3.59. The molecule has 0 radical (unpaired) electrons. The van der Waals surface area contributed by atoms with E-state index in [0.717, 1.165) is 37.4 Å². The Morgan fingerprint density at radius 2 is 1.70 bits per heavy atom. The summed E-state index contributed by atoms with van der Waals surface area (Å²) in [6.45, 7) is 3.02. The Kier molecular flexibility index (Phi) is 7.04. The first kappa shape index (κ1) is 17.4. The van der Waals surface area contributed by atoms with E-state index in [4.69, 9.17) is 4.74 Å². The third kappa shape index (κ3) is 6.00. The zero-order valence-electron chi connectivity index (χ0n) is 13.9. The van der Waals surface area contributed by atoms with Crippen LogP contribution in [0.2, 0.25) is 0 Å². The zero-order chi connectivity index (χ0) is 16.5. The molecule has 23 heavy (non-hydrogen) atoms. The van der Waals surface area contributed by atoms with Gasteiger partial charge in [-0.25, -0.2) is 4.39 Å². The molecule has 0 unspecified atom stereocenters. The summed E-state index contributed by atoms with van der Waals surface area (Å²) < 4.78 is 19.5. The summed E-state index contributed by atoms with van der Waals surface area (Å²) in [5, 5.41) is 3.43. The first-order valence-corrected chi connectivity index (χ1v) is 7.96. The van der Waals surface area contributed by atoms with E-state index in [1.165, 1.54) is 6.07 Å². The van der Waals surface area contributed by atoms with Crippen LogP contribution in [0.3, 0.4) is 0 Å². The van der Waals surface area contributed by atoms with Crippen molar-refractivity contribution in [3.8, 4) is 5.75 Å². The van der Waals surface area contributed by atoms with E-state index in [2.05, 4.69) is 24.3 Å². The summed E-state index contributed by atoms with van der Waals surface area (Å²) in [6, 6.07) is 14.6. The number of nitrogens with zero attached hydrogens (tertiary/aromatic N) is 1. The molecule has 2 rings (SSSR count). The van der Waals surface area contributed by atoms with Crippen molar-refractivity contribution in [1.29, 1.82) is 0 Å². The molecule has 0 atom stereocenters. The van der Waals surface area contributed by atoms with E-state index in [0.29, 0.717) is 5.56 Å². The van der Waals surface area contributed by atoms with E-state index >= 15 is 0 Å². The molecule has 0 fully saturated rings. The SMILES string of the molecule is CN(C)CCCNCc1ccccc1OCc1ccccc1F. The van der Waals surface area contributed by atoms with Crippen LogP contribution in [-0.2, 0) is 13.2 Å². The molecular weight excluding hydrogens is 291 g/mol. The highest BCUT2D eigenvalue weighted by Gasteiger charge is 2.05. The summed E-state index contributed by atoms with van der Waals surface area (Å²) in [7, 11) is 4.15. The van der Waals surface area contributed by atoms with E-state index in [1.807, 2.05) is 30.3 Å². The van der Waals surface area contributed by atoms with Gasteiger partial charge in [0.2, 0.25) is 0 Å². The summed E-state index contributed by atoms with van der Waals surface area (Å²) in [5.41, 5.74) is 1.66. The lowest BCUT2D eigenvalue weighted by Gasteiger charge is -2.13. The number of rotatable bonds is 9. The average Bonchev–Trinajstić information content (AvgIpc) is 2.54. The minimum atomic E-state index is -0.230. The van der Waals surface area contributed by atoms with Gasteiger partial charge in [0, 0.05) is 17.7 Å². The number of para-hydroxylation sites is 1. The van der Waals surface area contributed by atoms with E-state index < -0.39 is 0 Å². The topological polar surface area (TPSA) is 24.5 Å². The molecule has 4 heteroatoms. The molecule has 1 N–H and O–H groups in total. The maximum atomic E-state index is 13.6. The Balaban J connectivity index is 1.86. The minimum Gasteiger partial charge on any atom is -0.488 e. The van der Waals surface area contributed by atoms with Crippen molar-refractivity contribution in [3.05, 3.63) is 65.5 Å². The van der Waals surface area contributed by atoms with Gasteiger partial charge in [-0.3, -0.25) is 0 Å². The van der Waals surface area contributed by atoms with Gasteiger partial charge >= 0.3 is 0 Å². The van der Waals surface area contributed by atoms with Crippen LogP contribution in [0.1, 0.15) is 17.5 Å². The highest BCUT2D eigenvalue weighted by molar-refractivity contribution is 5.33. The molecule has 0 aliphatic heterocycles. The van der Waals surface area contributed by atoms with Crippen LogP contribution < -0.4 is 10.1 Å². The molecule has 2 aromatic carbocycles. The fourth-order valence-electron chi connectivity index (χ4n) is 2.30. The second-order valence-corrected chi connectivity index (χ2v) is 5.82. The number of halogens is 1. The Morgan fingerprint density at radius 3 is 2.43 bits per heavy atom. The van der Waals surface area contributed by atoms with Crippen LogP contribution in [0.5, 0.6) is 5.75 Å². The van der Waals surface area contributed by atoms with Crippen molar-refractivity contribution in [1.82, 2.24) is 10.2 Å². The maximum Gasteiger partial charge on any atom is 0.129 e. The Morgan fingerprint density at radius 1 is 1.00 bits per heavy atom. The van der Waals surface area contributed by atoms with Crippen LogP contribution in [0.25, 0.3) is 0 Å². The molecule has 0 bridgehead atoms. The Bertz CT molecular complexity index is 601. The number of hydrogen-bond acceptors (Lipinski definition) is 3. The van der Waals surface area contributed by atoms with Gasteiger partial charge < -0.3 is 15.0 Å². The molecule has 0 heterocycles. The summed E-state index contributed by atoms with van der Waals surface area (Å²) >= 11 is 0. The lowest BCUT2D eigenvalue weighted by atomic mass is 10.2. The molecule has 3 nitrogen and oxygen atoms in total. The molecule has 2 aromatic rings. The van der Waals surface area contributed by atoms with E-state index in [-0.39, 0.29) is 12.4 Å². The average molecular weight is 316 g/mol. The molecule has 0 spiro atoms. The molecular formula is C19H25FN2O. The quantitative estimate of drug-likeness (QED) is 0.717. The second-order valence-electron chi connectivity index (χ2n) is 5.82. The number of benzene rings is 2. The van der Waals surface area contributed by atoms with Gasteiger partial charge in [0.25, 0.3) is 0 Å². The number of hydrogen-bond donors (Lipinski definition) is 1. The lowest BCUT2D eigenvalue weighted by molar-refractivity contribution is 0.296. The normalized spacial score (nSPS) is 11.0. The molecule has 0 saturated carbocycles. The van der Waals surface area contributed by atoms with Crippen LogP contribution in [0.15, 0.2) is 48.5 Å². The standard InChI is InChI=1S/C19H25FN2O/c1-22(2)13-7-12-21-14-16-8-4-6-11-19(16)23-15-17-9-3-5-10-18(17)20/h3-6,8-11,21H,7,12-15H2,1-2H3. The van der Waals surface area contributed by atoms with Gasteiger partial charge in [-0.1, -0.05) is 36.4 Å². The highest BCUT2D eigenvalue weighted by atomic mass is 19.1. The monoisotopic (exact) mass is 316 g/mol. The molecule has 0 aromatic heterocycles. The van der Waals surface area contributed by atoms with Crippen LogP contribution in [-0.4, -0.2) is 32.1 Å². The first-order valence-electron chi connectivity index (χ1n) is 7.96. The number of nitrogens with one attached hydrogen (secondary N) is 1. The molecule has 0 aliphatic rings. The summed E-state index contributed by atoms with van der Waals surface area (Å²) in [6.07, 6.45) is 1.10.